The molecule has 0 aliphatic rings. The van der Waals surface area contributed by atoms with E-state index < -0.39 is 0 Å². The molecule has 3 nitrogen and oxygen atoms in total. The van der Waals surface area contributed by atoms with Crippen molar-refractivity contribution in [2.75, 3.05) is 0 Å². The molecule has 0 fully saturated rings. The van der Waals surface area contributed by atoms with E-state index in [1.807, 2.05) is 11.6 Å². The fourth-order valence-corrected chi connectivity index (χ4v) is 2.87. The average molecular weight is 241 g/mol. The van der Waals surface area contributed by atoms with Crippen LogP contribution in [0.1, 0.15) is 44.5 Å². The van der Waals surface area contributed by atoms with Crippen molar-refractivity contribution in [3.8, 4) is 0 Å². The Kier molecular flexibility index (Phi) is 6.61. The molecule has 92 valence electrons. The highest BCUT2D eigenvalue weighted by Gasteiger charge is 2.20. The van der Waals surface area contributed by atoms with Crippen molar-refractivity contribution >= 4 is 11.3 Å². The molecule has 0 bridgehead atoms. The predicted octanol–water partition coefficient (Wildman–Crippen LogP) is 2.73. The van der Waals surface area contributed by atoms with Gasteiger partial charge in [0.1, 0.15) is 0 Å². The summed E-state index contributed by atoms with van der Waals surface area (Å²) in [5.41, 5.74) is 2.98. The van der Waals surface area contributed by atoms with Gasteiger partial charge in [0.05, 0.1) is 5.01 Å². The number of aromatic nitrogens is 1. The molecule has 0 radical (unpaired) electrons. The van der Waals surface area contributed by atoms with Gasteiger partial charge < -0.3 is 0 Å². The quantitative estimate of drug-likeness (QED) is 0.543. The number of thiazole rings is 1. The zero-order chi connectivity index (χ0) is 11.8. The van der Waals surface area contributed by atoms with Gasteiger partial charge in [-0.3, -0.25) is 11.3 Å². The summed E-state index contributed by atoms with van der Waals surface area (Å²) < 4.78 is 0. The molecule has 4 heteroatoms. The minimum atomic E-state index is 0.367. The lowest BCUT2D eigenvalue weighted by atomic mass is 9.89. The summed E-state index contributed by atoms with van der Waals surface area (Å²) in [6.45, 7) is 4.47. The summed E-state index contributed by atoms with van der Waals surface area (Å²) in [5, 5.41) is 3.21. The van der Waals surface area contributed by atoms with Crippen molar-refractivity contribution in [1.82, 2.24) is 10.4 Å². The van der Waals surface area contributed by atoms with Crippen LogP contribution in [-0.4, -0.2) is 11.0 Å². The molecule has 0 aliphatic carbocycles. The number of hydrogen-bond donors (Lipinski definition) is 2. The normalized spacial score (nSPS) is 13.2. The Labute approximate surface area is 102 Å². The molecule has 1 aromatic rings. The van der Waals surface area contributed by atoms with Gasteiger partial charge in [0.25, 0.3) is 0 Å². The number of rotatable bonds is 8. The lowest BCUT2D eigenvalue weighted by molar-refractivity contribution is 0.311. The zero-order valence-corrected chi connectivity index (χ0v) is 11.1. The van der Waals surface area contributed by atoms with Crippen molar-refractivity contribution in [2.24, 2.45) is 11.8 Å². The van der Waals surface area contributed by atoms with Gasteiger partial charge >= 0.3 is 0 Å². The number of nitrogens with zero attached hydrogens (tertiary/aromatic N) is 1. The van der Waals surface area contributed by atoms with Crippen LogP contribution in [0.5, 0.6) is 0 Å². The fourth-order valence-electron chi connectivity index (χ4n) is 2.19. The van der Waals surface area contributed by atoms with Crippen LogP contribution in [0.2, 0.25) is 0 Å². The standard InChI is InChI=1S/C12H23N3S/c1-3-5-10(6-4-2)11(15-13)9-12-14-7-8-16-12/h7-8,10-11,15H,3-6,9,13H2,1-2H3. The second-order valence-corrected chi connectivity index (χ2v) is 5.22. The van der Waals surface area contributed by atoms with E-state index in [0.717, 1.165) is 6.42 Å². The fraction of sp³-hybridized carbons (Fsp3) is 0.750. The van der Waals surface area contributed by atoms with Gasteiger partial charge in [-0.25, -0.2) is 4.98 Å². The molecule has 3 N–H and O–H groups in total. The van der Waals surface area contributed by atoms with E-state index in [2.05, 4.69) is 24.3 Å². The third-order valence-corrected chi connectivity index (χ3v) is 3.78. The Morgan fingerprint density at radius 1 is 1.38 bits per heavy atom. The van der Waals surface area contributed by atoms with Crippen LogP contribution in [0.25, 0.3) is 0 Å². The molecule has 0 spiro atoms. The van der Waals surface area contributed by atoms with Crippen molar-refractivity contribution in [3.05, 3.63) is 16.6 Å². The lowest BCUT2D eigenvalue weighted by Gasteiger charge is -2.25. The summed E-state index contributed by atoms with van der Waals surface area (Å²) in [6.07, 6.45) is 7.75. The Hall–Kier alpha value is -0.450. The molecule has 1 aromatic heterocycles. The first-order chi connectivity index (χ1) is 7.81. The molecule has 0 saturated carbocycles. The van der Waals surface area contributed by atoms with Gasteiger partial charge in [0.2, 0.25) is 0 Å². The highest BCUT2D eigenvalue weighted by atomic mass is 32.1. The lowest BCUT2D eigenvalue weighted by Crippen LogP contribution is -2.42. The molecular formula is C12H23N3S. The molecule has 1 heterocycles. The van der Waals surface area contributed by atoms with Crippen LogP contribution in [0.3, 0.4) is 0 Å². The van der Waals surface area contributed by atoms with Gasteiger partial charge in [0, 0.05) is 24.0 Å². The van der Waals surface area contributed by atoms with E-state index >= 15 is 0 Å². The SMILES string of the molecule is CCCC(CCC)C(Cc1nccs1)NN. The van der Waals surface area contributed by atoms with Gasteiger partial charge in [-0.2, -0.15) is 0 Å². The minimum Gasteiger partial charge on any atom is -0.271 e. The van der Waals surface area contributed by atoms with E-state index in [-0.39, 0.29) is 0 Å². The molecule has 0 saturated heterocycles. The summed E-state index contributed by atoms with van der Waals surface area (Å²) >= 11 is 1.71. The zero-order valence-electron chi connectivity index (χ0n) is 10.3. The number of hydrazine groups is 1. The Morgan fingerprint density at radius 3 is 2.50 bits per heavy atom. The van der Waals surface area contributed by atoms with Crippen LogP contribution in [0.4, 0.5) is 0 Å². The molecule has 0 aliphatic heterocycles. The Morgan fingerprint density at radius 2 is 2.06 bits per heavy atom. The Balaban J connectivity index is 2.55. The smallest absolute Gasteiger partial charge is 0.0940 e. The third kappa shape index (κ3) is 4.20. The number of hydrogen-bond acceptors (Lipinski definition) is 4. The van der Waals surface area contributed by atoms with E-state index in [9.17, 15) is 0 Å². The largest absolute Gasteiger partial charge is 0.271 e. The summed E-state index contributed by atoms with van der Waals surface area (Å²) in [7, 11) is 0. The highest BCUT2D eigenvalue weighted by Crippen LogP contribution is 2.21. The van der Waals surface area contributed by atoms with Gasteiger partial charge in [-0.15, -0.1) is 11.3 Å². The van der Waals surface area contributed by atoms with Crippen molar-refractivity contribution in [3.63, 3.8) is 0 Å². The Bertz CT molecular complexity index is 255. The van der Waals surface area contributed by atoms with Crippen LogP contribution < -0.4 is 11.3 Å². The maximum Gasteiger partial charge on any atom is 0.0940 e. The van der Waals surface area contributed by atoms with E-state index in [4.69, 9.17) is 5.84 Å². The molecule has 16 heavy (non-hydrogen) atoms. The van der Waals surface area contributed by atoms with Crippen LogP contribution in [-0.2, 0) is 6.42 Å². The van der Waals surface area contributed by atoms with Gasteiger partial charge in [0.15, 0.2) is 0 Å². The van der Waals surface area contributed by atoms with E-state index in [1.165, 1.54) is 30.7 Å². The molecule has 1 rings (SSSR count). The molecule has 0 aromatic carbocycles. The first-order valence-electron chi connectivity index (χ1n) is 6.16. The second-order valence-electron chi connectivity index (χ2n) is 4.24. The summed E-state index contributed by atoms with van der Waals surface area (Å²) in [4.78, 5) is 4.33. The maximum atomic E-state index is 5.68. The summed E-state index contributed by atoms with van der Waals surface area (Å²) in [5.74, 6) is 6.35. The topological polar surface area (TPSA) is 50.9 Å². The van der Waals surface area contributed by atoms with Gasteiger partial charge in [-0.05, 0) is 18.8 Å². The van der Waals surface area contributed by atoms with Crippen LogP contribution >= 0.6 is 11.3 Å². The minimum absolute atomic E-state index is 0.367. The number of nitrogens with one attached hydrogen (secondary N) is 1. The predicted molar refractivity (Wildman–Crippen MR) is 70.2 cm³/mol. The molecular weight excluding hydrogens is 218 g/mol. The molecule has 0 amide bonds. The van der Waals surface area contributed by atoms with Crippen LogP contribution in [0.15, 0.2) is 11.6 Å². The summed E-state index contributed by atoms with van der Waals surface area (Å²) in [6, 6.07) is 0.367. The van der Waals surface area contributed by atoms with Crippen molar-refractivity contribution in [1.29, 1.82) is 0 Å². The van der Waals surface area contributed by atoms with E-state index in [0.29, 0.717) is 12.0 Å². The highest BCUT2D eigenvalue weighted by molar-refractivity contribution is 7.09. The van der Waals surface area contributed by atoms with E-state index in [1.54, 1.807) is 11.3 Å². The first-order valence-corrected chi connectivity index (χ1v) is 7.04. The third-order valence-electron chi connectivity index (χ3n) is 2.98. The number of nitrogens with two attached hydrogens (primary N) is 1. The first kappa shape index (κ1) is 13.6. The van der Waals surface area contributed by atoms with Crippen molar-refractivity contribution in [2.45, 2.75) is 52.0 Å². The second kappa shape index (κ2) is 7.76. The molecule has 1 unspecified atom stereocenters. The van der Waals surface area contributed by atoms with Crippen molar-refractivity contribution < 1.29 is 0 Å². The van der Waals surface area contributed by atoms with Gasteiger partial charge in [-0.1, -0.05) is 26.7 Å². The molecule has 1 atom stereocenters. The maximum absolute atomic E-state index is 5.68. The average Bonchev–Trinajstić information content (AvgIpc) is 2.78. The monoisotopic (exact) mass is 241 g/mol. The van der Waals surface area contributed by atoms with Crippen LogP contribution in [0, 0.1) is 5.92 Å².